The fourth-order valence-corrected chi connectivity index (χ4v) is 3.70. The summed E-state index contributed by atoms with van der Waals surface area (Å²) in [5.41, 5.74) is 6.33. The van der Waals surface area contributed by atoms with Gasteiger partial charge in [0.05, 0.1) is 0 Å². The molecule has 0 aromatic heterocycles. The molecule has 3 heteroatoms. The van der Waals surface area contributed by atoms with Gasteiger partial charge in [-0.3, -0.25) is 0 Å². The third-order valence-corrected chi connectivity index (χ3v) is 5.08. The second-order valence-corrected chi connectivity index (χ2v) is 7.15. The van der Waals surface area contributed by atoms with Gasteiger partial charge in [0.15, 0.2) is 0 Å². The average molecular weight is 357 g/mol. The SMILES string of the molecule is [B]C1=CC(CN(c2ccc([B])cc2)c2ccccc2-c2ccccc2)CC=C1. The van der Waals surface area contributed by atoms with Crippen LogP contribution in [0.4, 0.5) is 11.4 Å². The standard InChI is InChI=1S/C25H21B2N/c26-21-13-15-23(16-14-21)28(18-19-7-6-10-22(27)17-19)25-12-5-4-11-24(25)20-8-2-1-3-9-20/h1-6,8-17,19H,7,18H2. The Hall–Kier alpha value is -2.93. The Morgan fingerprint density at radius 1 is 0.821 bits per heavy atom. The van der Waals surface area contributed by atoms with Gasteiger partial charge in [0.25, 0.3) is 0 Å². The molecule has 3 aromatic rings. The van der Waals surface area contributed by atoms with E-state index in [4.69, 9.17) is 15.7 Å². The third kappa shape index (κ3) is 4.14. The van der Waals surface area contributed by atoms with Crippen molar-refractivity contribution >= 4 is 32.5 Å². The molecule has 1 aliphatic rings. The topological polar surface area (TPSA) is 3.24 Å². The monoisotopic (exact) mass is 357 g/mol. The number of hydrogen-bond acceptors (Lipinski definition) is 1. The Morgan fingerprint density at radius 2 is 1.54 bits per heavy atom. The van der Waals surface area contributed by atoms with Crippen molar-refractivity contribution in [2.45, 2.75) is 6.42 Å². The Kier molecular flexibility index (Phi) is 5.53. The minimum atomic E-state index is 0.353. The number of para-hydroxylation sites is 1. The second-order valence-electron chi connectivity index (χ2n) is 7.15. The van der Waals surface area contributed by atoms with E-state index >= 15 is 0 Å². The molecule has 1 unspecified atom stereocenters. The molecule has 0 N–H and O–H groups in total. The summed E-state index contributed by atoms with van der Waals surface area (Å²) in [6.45, 7) is 0.846. The van der Waals surface area contributed by atoms with E-state index in [9.17, 15) is 0 Å². The van der Waals surface area contributed by atoms with E-state index in [1.165, 1.54) is 16.8 Å². The lowest BCUT2D eigenvalue weighted by Crippen LogP contribution is -2.26. The van der Waals surface area contributed by atoms with Crippen LogP contribution in [0.3, 0.4) is 0 Å². The lowest BCUT2D eigenvalue weighted by molar-refractivity contribution is 0.655. The fraction of sp³-hybridized carbons (Fsp3) is 0.120. The maximum atomic E-state index is 6.06. The fourth-order valence-electron chi connectivity index (χ4n) is 3.70. The quantitative estimate of drug-likeness (QED) is 0.587. The summed E-state index contributed by atoms with van der Waals surface area (Å²) >= 11 is 0. The van der Waals surface area contributed by atoms with Gasteiger partial charge < -0.3 is 4.90 Å². The summed E-state index contributed by atoms with van der Waals surface area (Å²) in [5.74, 6) is 0.353. The Labute approximate surface area is 170 Å². The van der Waals surface area contributed by atoms with Gasteiger partial charge in [-0.2, -0.15) is 0 Å². The van der Waals surface area contributed by atoms with Gasteiger partial charge in [-0.1, -0.05) is 84.4 Å². The van der Waals surface area contributed by atoms with Crippen molar-refractivity contribution in [3.05, 3.63) is 103 Å². The van der Waals surface area contributed by atoms with Gasteiger partial charge in [-0.05, 0) is 36.1 Å². The maximum absolute atomic E-state index is 6.06. The molecule has 4 rings (SSSR count). The molecule has 0 amide bonds. The smallest absolute Gasteiger partial charge is 0.113 e. The molecule has 0 heterocycles. The van der Waals surface area contributed by atoms with Crippen LogP contribution in [0.25, 0.3) is 11.1 Å². The highest BCUT2D eigenvalue weighted by atomic mass is 15.1. The van der Waals surface area contributed by atoms with Crippen LogP contribution in [0.1, 0.15) is 6.42 Å². The molecular weight excluding hydrogens is 336 g/mol. The minimum Gasteiger partial charge on any atom is -0.340 e. The predicted molar refractivity (Wildman–Crippen MR) is 122 cm³/mol. The lowest BCUT2D eigenvalue weighted by atomic mass is 9.85. The second kappa shape index (κ2) is 8.39. The van der Waals surface area contributed by atoms with Gasteiger partial charge >= 0.3 is 0 Å². The zero-order valence-electron chi connectivity index (χ0n) is 15.8. The van der Waals surface area contributed by atoms with Crippen molar-refractivity contribution in [3.63, 3.8) is 0 Å². The van der Waals surface area contributed by atoms with Crippen molar-refractivity contribution in [3.8, 4) is 11.1 Å². The molecule has 1 aliphatic carbocycles. The van der Waals surface area contributed by atoms with Crippen molar-refractivity contribution in [2.75, 3.05) is 11.4 Å². The van der Waals surface area contributed by atoms with Gasteiger partial charge in [-0.25, -0.2) is 0 Å². The highest BCUT2D eigenvalue weighted by Crippen LogP contribution is 2.36. The average Bonchev–Trinajstić information content (AvgIpc) is 2.74. The van der Waals surface area contributed by atoms with Crippen LogP contribution in [0.5, 0.6) is 0 Å². The third-order valence-electron chi connectivity index (χ3n) is 5.08. The van der Waals surface area contributed by atoms with Crippen molar-refractivity contribution in [1.29, 1.82) is 0 Å². The summed E-state index contributed by atoms with van der Waals surface area (Å²) in [5, 5.41) is 0. The predicted octanol–water partition coefficient (Wildman–Crippen LogP) is 4.91. The van der Waals surface area contributed by atoms with Crippen LogP contribution in [-0.2, 0) is 0 Å². The van der Waals surface area contributed by atoms with Gasteiger partial charge in [-0.15, -0.1) is 5.47 Å². The number of nitrogens with zero attached hydrogens (tertiary/aromatic N) is 1. The van der Waals surface area contributed by atoms with Crippen LogP contribution in [0.2, 0.25) is 0 Å². The molecule has 0 saturated carbocycles. The van der Waals surface area contributed by atoms with E-state index in [2.05, 4.69) is 77.7 Å². The van der Waals surface area contributed by atoms with Gasteiger partial charge in [0, 0.05) is 23.5 Å². The molecule has 0 aliphatic heterocycles. The van der Waals surface area contributed by atoms with Crippen LogP contribution < -0.4 is 10.4 Å². The summed E-state index contributed by atoms with van der Waals surface area (Å²) in [7, 11) is 12.0. The molecule has 0 spiro atoms. The Bertz CT molecular complexity index is 991. The molecule has 3 aromatic carbocycles. The number of benzene rings is 3. The first-order valence-corrected chi connectivity index (χ1v) is 9.62. The largest absolute Gasteiger partial charge is 0.340 e. The van der Waals surface area contributed by atoms with E-state index in [1.807, 2.05) is 24.3 Å². The van der Waals surface area contributed by atoms with Gasteiger partial charge in [0.2, 0.25) is 0 Å². The van der Waals surface area contributed by atoms with Gasteiger partial charge in [0.1, 0.15) is 15.7 Å². The van der Waals surface area contributed by atoms with E-state index in [1.54, 1.807) is 0 Å². The first-order chi connectivity index (χ1) is 13.7. The van der Waals surface area contributed by atoms with E-state index in [0.29, 0.717) is 5.92 Å². The van der Waals surface area contributed by atoms with Crippen LogP contribution in [0.15, 0.2) is 103 Å². The molecule has 1 nitrogen and oxygen atoms in total. The molecule has 4 radical (unpaired) electrons. The highest BCUT2D eigenvalue weighted by molar-refractivity contribution is 6.32. The van der Waals surface area contributed by atoms with Crippen LogP contribution >= 0.6 is 0 Å². The number of anilines is 2. The van der Waals surface area contributed by atoms with E-state index in [-0.39, 0.29) is 0 Å². The van der Waals surface area contributed by atoms with E-state index in [0.717, 1.165) is 29.6 Å². The number of allylic oxidation sites excluding steroid dienone is 3. The Morgan fingerprint density at radius 3 is 2.29 bits per heavy atom. The first-order valence-electron chi connectivity index (χ1n) is 9.62. The van der Waals surface area contributed by atoms with E-state index < -0.39 is 0 Å². The summed E-state index contributed by atoms with van der Waals surface area (Å²) in [4.78, 5) is 2.37. The maximum Gasteiger partial charge on any atom is 0.113 e. The lowest BCUT2D eigenvalue weighted by Gasteiger charge is -2.31. The molecule has 0 bridgehead atoms. The van der Waals surface area contributed by atoms with Crippen molar-refractivity contribution in [2.24, 2.45) is 5.92 Å². The molecule has 132 valence electrons. The normalized spacial score (nSPS) is 15.9. The molecule has 0 fully saturated rings. The first kappa shape index (κ1) is 18.4. The summed E-state index contributed by atoms with van der Waals surface area (Å²) in [6, 6.07) is 27.1. The zero-order valence-corrected chi connectivity index (χ0v) is 15.8. The van der Waals surface area contributed by atoms with Crippen molar-refractivity contribution in [1.82, 2.24) is 0 Å². The Balaban J connectivity index is 1.78. The minimum absolute atomic E-state index is 0.353. The van der Waals surface area contributed by atoms with Crippen LogP contribution in [0, 0.1) is 5.92 Å². The molecule has 0 saturated heterocycles. The molecule has 28 heavy (non-hydrogen) atoms. The van der Waals surface area contributed by atoms with Crippen LogP contribution in [-0.4, -0.2) is 22.2 Å². The summed E-state index contributed by atoms with van der Waals surface area (Å²) in [6.07, 6.45) is 7.29. The molecular formula is C25H21B2N. The van der Waals surface area contributed by atoms with Crippen molar-refractivity contribution < 1.29 is 0 Å². The summed E-state index contributed by atoms with van der Waals surface area (Å²) < 4.78 is 0. The number of rotatable bonds is 5. The zero-order chi connectivity index (χ0) is 19.3. The highest BCUT2D eigenvalue weighted by Gasteiger charge is 2.18. The number of hydrogen-bond donors (Lipinski definition) is 0. The molecule has 1 atom stereocenters.